The lowest BCUT2D eigenvalue weighted by Crippen LogP contribution is -2.08. The summed E-state index contributed by atoms with van der Waals surface area (Å²) in [7, 11) is 0. The summed E-state index contributed by atoms with van der Waals surface area (Å²) in [5.74, 6) is 2.18. The topological polar surface area (TPSA) is 0 Å². The Balaban J connectivity index is 2.91. The molecule has 2 unspecified atom stereocenters. The molecule has 0 heterocycles. The van der Waals surface area contributed by atoms with Gasteiger partial charge in [-0.15, -0.1) is 0 Å². The predicted molar refractivity (Wildman–Crippen MR) is 72.9 cm³/mol. The van der Waals surface area contributed by atoms with Crippen molar-refractivity contribution in [3.05, 3.63) is 35.4 Å². The van der Waals surface area contributed by atoms with Gasteiger partial charge in [0.25, 0.3) is 0 Å². The second-order valence-electron chi connectivity index (χ2n) is 5.45. The van der Waals surface area contributed by atoms with Crippen molar-refractivity contribution in [2.45, 2.75) is 53.4 Å². The molecule has 1 aromatic carbocycles. The van der Waals surface area contributed by atoms with E-state index < -0.39 is 0 Å². The second-order valence-corrected chi connectivity index (χ2v) is 5.45. The fraction of sp³-hybridized carbons (Fsp3) is 0.625. The van der Waals surface area contributed by atoms with Crippen LogP contribution in [0.3, 0.4) is 0 Å². The average molecular weight is 218 g/mol. The number of rotatable bonds is 5. The average Bonchev–Trinajstić information content (AvgIpc) is 2.28. The first-order valence-electron chi connectivity index (χ1n) is 6.64. The van der Waals surface area contributed by atoms with E-state index in [0.717, 1.165) is 11.8 Å². The highest BCUT2D eigenvalue weighted by Crippen LogP contribution is 2.28. The molecule has 0 aliphatic carbocycles. The highest BCUT2D eigenvalue weighted by atomic mass is 14.2. The highest BCUT2D eigenvalue weighted by molar-refractivity contribution is 5.30. The molecule has 1 rings (SSSR count). The van der Waals surface area contributed by atoms with E-state index in [2.05, 4.69) is 58.9 Å². The third-order valence-corrected chi connectivity index (χ3v) is 3.81. The predicted octanol–water partition coefficient (Wildman–Crippen LogP) is 5.03. The van der Waals surface area contributed by atoms with Crippen molar-refractivity contribution in [2.75, 3.05) is 0 Å². The molecule has 0 heteroatoms. The summed E-state index contributed by atoms with van der Waals surface area (Å²) in [4.78, 5) is 0. The standard InChI is InChI=1S/C16H26/c1-6-13(4)11-15-9-7-8-10-16(15)14(5)12(2)3/h7-10,12-14H,6,11H2,1-5H3. The minimum atomic E-state index is 0.667. The Morgan fingerprint density at radius 1 is 1.00 bits per heavy atom. The van der Waals surface area contributed by atoms with Crippen LogP contribution in [0.25, 0.3) is 0 Å². The number of hydrogen-bond acceptors (Lipinski definition) is 0. The highest BCUT2D eigenvalue weighted by Gasteiger charge is 2.14. The van der Waals surface area contributed by atoms with E-state index >= 15 is 0 Å². The van der Waals surface area contributed by atoms with Gasteiger partial charge in [-0.1, -0.05) is 65.3 Å². The molecule has 0 aliphatic rings. The summed E-state index contributed by atoms with van der Waals surface area (Å²) >= 11 is 0. The van der Waals surface area contributed by atoms with Gasteiger partial charge in [0.1, 0.15) is 0 Å². The van der Waals surface area contributed by atoms with E-state index in [9.17, 15) is 0 Å². The minimum absolute atomic E-state index is 0.667. The summed E-state index contributed by atoms with van der Waals surface area (Å²) in [5, 5.41) is 0. The van der Waals surface area contributed by atoms with Crippen LogP contribution in [0.4, 0.5) is 0 Å². The molecule has 0 fully saturated rings. The Hall–Kier alpha value is -0.780. The maximum atomic E-state index is 2.35. The van der Waals surface area contributed by atoms with Crippen molar-refractivity contribution >= 4 is 0 Å². The van der Waals surface area contributed by atoms with Crippen LogP contribution in [0.1, 0.15) is 58.1 Å². The Morgan fingerprint density at radius 2 is 1.62 bits per heavy atom. The molecule has 90 valence electrons. The zero-order valence-electron chi connectivity index (χ0n) is 11.5. The monoisotopic (exact) mass is 218 g/mol. The third-order valence-electron chi connectivity index (χ3n) is 3.81. The molecule has 0 nitrogen and oxygen atoms in total. The summed E-state index contributed by atoms with van der Waals surface area (Å²) in [6.07, 6.45) is 2.49. The fourth-order valence-corrected chi connectivity index (χ4v) is 2.04. The smallest absolute Gasteiger partial charge is 0.0165 e. The molecular formula is C16H26. The van der Waals surface area contributed by atoms with Crippen LogP contribution in [0.5, 0.6) is 0 Å². The van der Waals surface area contributed by atoms with Gasteiger partial charge in [-0.2, -0.15) is 0 Å². The Labute approximate surface area is 101 Å². The molecule has 0 spiro atoms. The van der Waals surface area contributed by atoms with Crippen molar-refractivity contribution < 1.29 is 0 Å². The normalized spacial score (nSPS) is 15.1. The van der Waals surface area contributed by atoms with E-state index in [4.69, 9.17) is 0 Å². The maximum Gasteiger partial charge on any atom is -0.0165 e. The molecule has 0 radical (unpaired) electrons. The SMILES string of the molecule is CCC(C)Cc1ccccc1C(C)C(C)C. The van der Waals surface area contributed by atoms with Crippen LogP contribution in [0.2, 0.25) is 0 Å². The lowest BCUT2D eigenvalue weighted by atomic mass is 9.84. The van der Waals surface area contributed by atoms with E-state index in [1.54, 1.807) is 11.1 Å². The van der Waals surface area contributed by atoms with Crippen molar-refractivity contribution in [2.24, 2.45) is 11.8 Å². The van der Waals surface area contributed by atoms with Crippen LogP contribution >= 0.6 is 0 Å². The summed E-state index contributed by atoms with van der Waals surface area (Å²) in [5.41, 5.74) is 3.11. The van der Waals surface area contributed by atoms with Gasteiger partial charge in [0.2, 0.25) is 0 Å². The van der Waals surface area contributed by atoms with Gasteiger partial charge in [0, 0.05) is 0 Å². The zero-order chi connectivity index (χ0) is 12.1. The first-order chi connectivity index (χ1) is 7.56. The molecule has 0 saturated heterocycles. The fourth-order valence-electron chi connectivity index (χ4n) is 2.04. The second kappa shape index (κ2) is 6.08. The third kappa shape index (κ3) is 3.37. The maximum absolute atomic E-state index is 2.35. The van der Waals surface area contributed by atoms with Gasteiger partial charge in [0.05, 0.1) is 0 Å². The molecule has 0 saturated carbocycles. The van der Waals surface area contributed by atoms with E-state index in [1.165, 1.54) is 12.8 Å². The van der Waals surface area contributed by atoms with E-state index in [-0.39, 0.29) is 0 Å². The Bertz CT molecular complexity index is 312. The molecular weight excluding hydrogens is 192 g/mol. The van der Waals surface area contributed by atoms with Crippen molar-refractivity contribution in [1.82, 2.24) is 0 Å². The van der Waals surface area contributed by atoms with Crippen LogP contribution in [-0.4, -0.2) is 0 Å². The van der Waals surface area contributed by atoms with Gasteiger partial charge in [-0.05, 0) is 35.3 Å². The lowest BCUT2D eigenvalue weighted by molar-refractivity contribution is 0.516. The summed E-state index contributed by atoms with van der Waals surface area (Å²) in [6.45, 7) is 11.6. The molecule has 0 bridgehead atoms. The first-order valence-corrected chi connectivity index (χ1v) is 6.64. The van der Waals surface area contributed by atoms with Gasteiger partial charge in [-0.25, -0.2) is 0 Å². The van der Waals surface area contributed by atoms with Crippen LogP contribution < -0.4 is 0 Å². The van der Waals surface area contributed by atoms with Crippen molar-refractivity contribution in [3.8, 4) is 0 Å². The molecule has 0 aliphatic heterocycles. The van der Waals surface area contributed by atoms with Gasteiger partial charge in [0.15, 0.2) is 0 Å². The van der Waals surface area contributed by atoms with Gasteiger partial charge >= 0.3 is 0 Å². The summed E-state index contributed by atoms with van der Waals surface area (Å²) in [6, 6.07) is 8.96. The van der Waals surface area contributed by atoms with E-state index in [1.807, 2.05) is 0 Å². The van der Waals surface area contributed by atoms with Crippen LogP contribution in [0.15, 0.2) is 24.3 Å². The van der Waals surface area contributed by atoms with Gasteiger partial charge in [-0.3, -0.25) is 0 Å². The molecule has 0 amide bonds. The molecule has 0 N–H and O–H groups in total. The first kappa shape index (κ1) is 13.3. The summed E-state index contributed by atoms with van der Waals surface area (Å²) < 4.78 is 0. The van der Waals surface area contributed by atoms with E-state index in [0.29, 0.717) is 5.92 Å². The van der Waals surface area contributed by atoms with Gasteiger partial charge < -0.3 is 0 Å². The molecule has 1 aromatic rings. The quantitative estimate of drug-likeness (QED) is 0.650. The van der Waals surface area contributed by atoms with Crippen molar-refractivity contribution in [3.63, 3.8) is 0 Å². The Morgan fingerprint density at radius 3 is 2.19 bits per heavy atom. The minimum Gasteiger partial charge on any atom is -0.0651 e. The van der Waals surface area contributed by atoms with Crippen molar-refractivity contribution in [1.29, 1.82) is 0 Å². The lowest BCUT2D eigenvalue weighted by Gasteiger charge is -2.21. The zero-order valence-corrected chi connectivity index (χ0v) is 11.5. The number of hydrogen-bond donors (Lipinski definition) is 0. The molecule has 16 heavy (non-hydrogen) atoms. The number of benzene rings is 1. The molecule has 2 atom stereocenters. The molecule has 0 aromatic heterocycles. The largest absolute Gasteiger partial charge is 0.0651 e. The van der Waals surface area contributed by atoms with Crippen LogP contribution in [0, 0.1) is 11.8 Å². The Kier molecular flexibility index (Phi) is 5.05. The van der Waals surface area contributed by atoms with Crippen LogP contribution in [-0.2, 0) is 6.42 Å².